The fourth-order valence-corrected chi connectivity index (χ4v) is 2.06. The molecule has 1 heterocycles. The van der Waals surface area contributed by atoms with Crippen LogP contribution in [-0.4, -0.2) is 23.2 Å². The van der Waals surface area contributed by atoms with Gasteiger partial charge in [0.25, 0.3) is 0 Å². The lowest BCUT2D eigenvalue weighted by Crippen LogP contribution is -2.09. The summed E-state index contributed by atoms with van der Waals surface area (Å²) in [6.45, 7) is 0. The van der Waals surface area contributed by atoms with E-state index in [1.165, 1.54) is 6.07 Å². The zero-order valence-electron chi connectivity index (χ0n) is 9.95. The Labute approximate surface area is 115 Å². The Kier molecular flexibility index (Phi) is 3.47. The third kappa shape index (κ3) is 2.24. The Balaban J connectivity index is 2.83. The lowest BCUT2D eigenvalue weighted by atomic mass is 10.0. The molecule has 0 amide bonds. The number of pyridine rings is 1. The van der Waals surface area contributed by atoms with Crippen molar-refractivity contribution in [3.05, 3.63) is 34.6 Å². The summed E-state index contributed by atoms with van der Waals surface area (Å²) in [4.78, 5) is 14.8. The Morgan fingerprint density at radius 1 is 1.35 bits per heavy atom. The number of aromatic nitrogens is 1. The van der Waals surface area contributed by atoms with E-state index in [1.54, 1.807) is 0 Å². The summed E-state index contributed by atoms with van der Waals surface area (Å²) in [5.74, 6) is -1.63. The number of methoxy groups -OCH3 is 1. The van der Waals surface area contributed by atoms with Gasteiger partial charge in [-0.15, -0.1) is 0 Å². The van der Waals surface area contributed by atoms with Crippen molar-refractivity contribution >= 4 is 28.3 Å². The Hall–Kier alpha value is -2.02. The molecular formula is C12H7ClF3NO3. The number of alkyl halides is 3. The van der Waals surface area contributed by atoms with Crippen LogP contribution in [0.1, 0.15) is 16.1 Å². The maximum atomic E-state index is 13.0. The number of hydrogen-bond acceptors (Lipinski definition) is 4. The molecule has 0 aliphatic carbocycles. The molecule has 0 aliphatic rings. The van der Waals surface area contributed by atoms with Crippen LogP contribution in [0.3, 0.4) is 0 Å². The van der Waals surface area contributed by atoms with E-state index < -0.39 is 39.6 Å². The van der Waals surface area contributed by atoms with E-state index in [2.05, 4.69) is 9.72 Å². The van der Waals surface area contributed by atoms with Gasteiger partial charge in [-0.05, 0) is 12.1 Å². The molecule has 8 heteroatoms. The number of fused-ring (bicyclic) bond motifs is 1. The third-order valence-electron chi connectivity index (χ3n) is 2.66. The number of aromatic hydroxyl groups is 1. The van der Waals surface area contributed by atoms with Crippen molar-refractivity contribution in [3.63, 3.8) is 0 Å². The predicted molar refractivity (Wildman–Crippen MR) is 64.8 cm³/mol. The molecule has 0 fully saturated rings. The fraction of sp³-hybridized carbons (Fsp3) is 0.167. The first-order valence-electron chi connectivity index (χ1n) is 5.23. The highest BCUT2D eigenvalue weighted by Crippen LogP contribution is 2.41. The van der Waals surface area contributed by atoms with Gasteiger partial charge in [0.15, 0.2) is 11.4 Å². The van der Waals surface area contributed by atoms with Crippen molar-refractivity contribution in [1.29, 1.82) is 0 Å². The summed E-state index contributed by atoms with van der Waals surface area (Å²) in [6.07, 6.45) is -3.88. The SMILES string of the molecule is COC(=O)c1ncc2c(C(F)(F)F)c(Cl)ccc2c1O. The molecule has 1 aromatic heterocycles. The van der Waals surface area contributed by atoms with E-state index in [1.807, 2.05) is 0 Å². The minimum absolute atomic E-state index is 0.183. The quantitative estimate of drug-likeness (QED) is 0.820. The predicted octanol–water partition coefficient (Wildman–Crippen LogP) is 3.40. The molecule has 2 aromatic rings. The van der Waals surface area contributed by atoms with Gasteiger partial charge in [0.2, 0.25) is 0 Å². The number of carbonyl (C=O) groups excluding carboxylic acids is 1. The van der Waals surface area contributed by atoms with Crippen molar-refractivity contribution in [2.24, 2.45) is 0 Å². The van der Waals surface area contributed by atoms with E-state index in [4.69, 9.17) is 11.6 Å². The number of nitrogens with zero attached hydrogens (tertiary/aromatic N) is 1. The smallest absolute Gasteiger partial charge is 0.418 e. The van der Waals surface area contributed by atoms with Crippen molar-refractivity contribution in [2.45, 2.75) is 6.18 Å². The first-order valence-corrected chi connectivity index (χ1v) is 5.61. The molecule has 0 bridgehead atoms. The van der Waals surface area contributed by atoms with Gasteiger partial charge in [0.05, 0.1) is 17.7 Å². The molecule has 0 atom stereocenters. The van der Waals surface area contributed by atoms with Crippen molar-refractivity contribution in [2.75, 3.05) is 7.11 Å². The maximum absolute atomic E-state index is 13.0. The van der Waals surface area contributed by atoms with Gasteiger partial charge in [-0.25, -0.2) is 9.78 Å². The summed E-state index contributed by atoms with van der Waals surface area (Å²) in [5.41, 5.74) is -1.58. The number of carbonyl (C=O) groups is 1. The lowest BCUT2D eigenvalue weighted by Gasteiger charge is -2.13. The average Bonchev–Trinajstić information content (AvgIpc) is 2.36. The topological polar surface area (TPSA) is 59.4 Å². The van der Waals surface area contributed by atoms with Crippen molar-refractivity contribution in [3.8, 4) is 5.75 Å². The number of halogens is 4. The van der Waals surface area contributed by atoms with Gasteiger partial charge < -0.3 is 9.84 Å². The number of ether oxygens (including phenoxy) is 1. The summed E-state index contributed by atoms with van der Waals surface area (Å²) in [7, 11) is 1.07. The van der Waals surface area contributed by atoms with Gasteiger partial charge in [-0.3, -0.25) is 0 Å². The number of hydrogen-bond donors (Lipinski definition) is 1. The Bertz CT molecular complexity index is 700. The molecule has 0 spiro atoms. The van der Waals surface area contributed by atoms with Crippen LogP contribution >= 0.6 is 11.6 Å². The van der Waals surface area contributed by atoms with Crippen LogP contribution in [0.25, 0.3) is 10.8 Å². The number of esters is 1. The molecule has 0 aliphatic heterocycles. The second kappa shape index (κ2) is 4.82. The molecule has 20 heavy (non-hydrogen) atoms. The highest BCUT2D eigenvalue weighted by molar-refractivity contribution is 6.32. The van der Waals surface area contributed by atoms with Gasteiger partial charge in [-0.1, -0.05) is 11.6 Å². The molecule has 2 rings (SSSR count). The Morgan fingerprint density at radius 3 is 2.55 bits per heavy atom. The average molecular weight is 306 g/mol. The first kappa shape index (κ1) is 14.4. The van der Waals surface area contributed by atoms with Crippen molar-refractivity contribution in [1.82, 2.24) is 4.98 Å². The maximum Gasteiger partial charge on any atom is 0.418 e. The summed E-state index contributed by atoms with van der Waals surface area (Å²) >= 11 is 5.55. The molecule has 1 aromatic carbocycles. The summed E-state index contributed by atoms with van der Waals surface area (Å²) < 4.78 is 43.2. The zero-order chi connectivity index (χ0) is 15.1. The number of rotatable bonds is 1. The van der Waals surface area contributed by atoms with Crippen LogP contribution in [0.5, 0.6) is 5.75 Å². The third-order valence-corrected chi connectivity index (χ3v) is 2.97. The molecule has 0 saturated heterocycles. The van der Waals surface area contributed by atoms with E-state index in [0.717, 1.165) is 19.4 Å². The lowest BCUT2D eigenvalue weighted by molar-refractivity contribution is -0.136. The van der Waals surface area contributed by atoms with Gasteiger partial charge in [-0.2, -0.15) is 13.2 Å². The van der Waals surface area contributed by atoms with Crippen LogP contribution in [0.15, 0.2) is 18.3 Å². The molecule has 0 saturated carbocycles. The van der Waals surface area contributed by atoms with Crippen molar-refractivity contribution < 1.29 is 27.8 Å². The first-order chi connectivity index (χ1) is 9.27. The second-order valence-electron chi connectivity index (χ2n) is 3.83. The van der Waals surface area contributed by atoms with Gasteiger partial charge >= 0.3 is 12.1 Å². The largest absolute Gasteiger partial charge is 0.505 e. The minimum Gasteiger partial charge on any atom is -0.505 e. The van der Waals surface area contributed by atoms with Crippen LogP contribution in [0.2, 0.25) is 5.02 Å². The molecular weight excluding hydrogens is 299 g/mol. The standard InChI is InChI=1S/C12H7ClF3NO3/c1-20-11(19)9-10(18)5-2-3-7(13)8(12(14,15)16)6(5)4-17-9/h2-4,18H,1H3. The zero-order valence-corrected chi connectivity index (χ0v) is 10.7. The van der Waals surface area contributed by atoms with Gasteiger partial charge in [0.1, 0.15) is 0 Å². The highest BCUT2D eigenvalue weighted by atomic mass is 35.5. The highest BCUT2D eigenvalue weighted by Gasteiger charge is 2.36. The van der Waals surface area contributed by atoms with Gasteiger partial charge in [0, 0.05) is 17.0 Å². The monoisotopic (exact) mass is 305 g/mol. The minimum atomic E-state index is -4.71. The molecule has 4 nitrogen and oxygen atoms in total. The van der Waals surface area contributed by atoms with E-state index in [9.17, 15) is 23.1 Å². The van der Waals surface area contributed by atoms with Crippen LogP contribution in [-0.2, 0) is 10.9 Å². The van der Waals surface area contributed by atoms with Crippen LogP contribution < -0.4 is 0 Å². The molecule has 0 radical (unpaired) electrons. The Morgan fingerprint density at radius 2 is 2.00 bits per heavy atom. The van der Waals surface area contributed by atoms with Crippen LogP contribution in [0.4, 0.5) is 13.2 Å². The van der Waals surface area contributed by atoms with E-state index >= 15 is 0 Å². The summed E-state index contributed by atoms with van der Waals surface area (Å²) in [6, 6.07) is 2.17. The molecule has 1 N–H and O–H groups in total. The van der Waals surface area contributed by atoms with E-state index in [-0.39, 0.29) is 5.39 Å². The number of benzene rings is 1. The van der Waals surface area contributed by atoms with E-state index in [0.29, 0.717) is 0 Å². The summed E-state index contributed by atoms with van der Waals surface area (Å²) in [5, 5.41) is 8.77. The second-order valence-corrected chi connectivity index (χ2v) is 4.24. The molecule has 106 valence electrons. The van der Waals surface area contributed by atoms with Crippen LogP contribution in [0, 0.1) is 0 Å². The molecule has 0 unspecified atom stereocenters. The fourth-order valence-electron chi connectivity index (χ4n) is 1.79. The normalized spacial score (nSPS) is 11.7.